The number of rotatable bonds is 19. The maximum Gasteiger partial charge on any atom is 0.330 e. The number of carboxylic acids is 3. The third kappa shape index (κ3) is 16.0. The van der Waals surface area contributed by atoms with Crippen LogP contribution in [0.1, 0.15) is 43.9 Å². The molecule has 0 unspecified atom stereocenters. The SMILES string of the molecule is O=C([O-])CN1CCN(CC(=O)O)CCN(CC(=O)O)CCN(CC([O-])=NCCCCCCN=C([O-])Cc2cn([C@H]3C[C@H](O)[C@@H](CO)O3)c(=O)[nH]c2=O)CC1. The van der Waals surface area contributed by atoms with Crippen LogP contribution >= 0.6 is 0 Å². The van der Waals surface area contributed by atoms with E-state index in [2.05, 4.69) is 15.0 Å². The van der Waals surface area contributed by atoms with E-state index in [0.29, 0.717) is 38.8 Å². The highest BCUT2D eigenvalue weighted by molar-refractivity contribution is 5.74. The normalized spacial score (nSPS) is 22.1. The Labute approximate surface area is 311 Å². The lowest BCUT2D eigenvalue weighted by Gasteiger charge is -2.34. The van der Waals surface area contributed by atoms with E-state index in [-0.39, 0.29) is 103 Å². The van der Waals surface area contributed by atoms with E-state index in [4.69, 9.17) is 4.74 Å². The van der Waals surface area contributed by atoms with E-state index < -0.39 is 60.1 Å². The molecule has 3 rings (SSSR count). The fraction of sp³-hybridized carbons (Fsp3) is 0.727. The number of aliphatic hydroxyl groups is 2. The van der Waals surface area contributed by atoms with E-state index in [1.54, 1.807) is 19.6 Å². The van der Waals surface area contributed by atoms with Gasteiger partial charge in [0.2, 0.25) is 0 Å². The molecule has 1 aromatic rings. The van der Waals surface area contributed by atoms with Gasteiger partial charge in [0.05, 0.1) is 31.8 Å². The molecule has 304 valence electrons. The quantitative estimate of drug-likeness (QED) is 0.0497. The Kier molecular flexibility index (Phi) is 18.7. The molecule has 0 saturated carbocycles. The molecule has 0 bridgehead atoms. The number of aromatic nitrogens is 2. The van der Waals surface area contributed by atoms with Crippen molar-refractivity contribution < 1.29 is 54.9 Å². The molecule has 2 fully saturated rings. The van der Waals surface area contributed by atoms with Crippen molar-refractivity contribution in [1.29, 1.82) is 0 Å². The van der Waals surface area contributed by atoms with Gasteiger partial charge in [-0.3, -0.25) is 43.5 Å². The first-order chi connectivity index (χ1) is 25.7. The zero-order valence-electron chi connectivity index (χ0n) is 30.3. The molecule has 5 N–H and O–H groups in total. The molecule has 2 aliphatic rings. The number of unbranched alkanes of at least 4 members (excludes halogenated alkanes) is 3. The Balaban J connectivity index is 1.46. The summed E-state index contributed by atoms with van der Waals surface area (Å²) in [7, 11) is 0. The van der Waals surface area contributed by atoms with Gasteiger partial charge in [-0.15, -0.1) is 0 Å². The van der Waals surface area contributed by atoms with E-state index >= 15 is 0 Å². The van der Waals surface area contributed by atoms with Gasteiger partial charge in [0, 0.05) is 103 Å². The number of ether oxygens (including phenoxy) is 1. The molecular formula is C33H51N8O13-3. The van der Waals surface area contributed by atoms with Gasteiger partial charge in [-0.2, -0.15) is 0 Å². The second-order valence-corrected chi connectivity index (χ2v) is 13.3. The number of carbonyl (C=O) groups excluding carboxylic acids is 1. The average molecular weight is 768 g/mol. The standard InChI is InChI=1S/C33H54N8O13/c42-22-25-24(43)16-28(54-25)41-17-23(32(52)36-33(41)53)15-26(44)34-5-3-1-2-4-6-35-27(45)18-37-7-9-38(19-29(46)47)11-13-40(21-31(50)51)14-12-39(10-8-37)20-30(48)49/h17,24-25,28,42-43H,1-16,18-22H2,(H,34,44)(H,35,45)(H,46,47)(H,48,49)(H,50,51)(H,36,52,53)/p-3/t24-,25+,28+/m0/s1. The lowest BCUT2D eigenvalue weighted by atomic mass is 10.2. The summed E-state index contributed by atoms with van der Waals surface area (Å²) in [4.78, 5) is 75.7. The molecule has 3 heterocycles. The highest BCUT2D eigenvalue weighted by Gasteiger charge is 2.35. The number of aromatic amines is 1. The lowest BCUT2D eigenvalue weighted by molar-refractivity contribution is -0.306. The van der Waals surface area contributed by atoms with E-state index in [9.17, 15) is 59.7 Å². The van der Waals surface area contributed by atoms with Crippen LogP contribution in [0.25, 0.3) is 0 Å². The summed E-state index contributed by atoms with van der Waals surface area (Å²) in [5.41, 5.74) is -1.50. The number of aliphatic hydroxyl groups excluding tert-OH is 2. The molecule has 21 heteroatoms. The van der Waals surface area contributed by atoms with Gasteiger partial charge >= 0.3 is 17.6 Å². The molecule has 21 nitrogen and oxygen atoms in total. The van der Waals surface area contributed by atoms with Crippen LogP contribution in [0.2, 0.25) is 0 Å². The van der Waals surface area contributed by atoms with Crippen molar-refractivity contribution in [3.8, 4) is 0 Å². The van der Waals surface area contributed by atoms with Crippen molar-refractivity contribution in [2.24, 2.45) is 9.98 Å². The van der Waals surface area contributed by atoms with E-state index in [1.807, 2.05) is 0 Å². The summed E-state index contributed by atoms with van der Waals surface area (Å²) >= 11 is 0. The van der Waals surface area contributed by atoms with Crippen LogP contribution < -0.4 is 26.6 Å². The number of aliphatic carboxylic acids is 3. The predicted molar refractivity (Wildman–Crippen MR) is 186 cm³/mol. The second kappa shape index (κ2) is 22.8. The summed E-state index contributed by atoms with van der Waals surface area (Å²) in [6, 6.07) is 0. The van der Waals surface area contributed by atoms with Crippen LogP contribution in [0.15, 0.2) is 25.8 Å². The van der Waals surface area contributed by atoms with Crippen LogP contribution in [-0.4, -0.2) is 190 Å². The van der Waals surface area contributed by atoms with Crippen molar-refractivity contribution in [3.63, 3.8) is 0 Å². The van der Waals surface area contributed by atoms with Gasteiger partial charge in [0.25, 0.3) is 5.56 Å². The number of carboxylic acid groups (broad SMARTS) is 3. The third-order valence-electron chi connectivity index (χ3n) is 9.08. The van der Waals surface area contributed by atoms with Crippen LogP contribution in [0.3, 0.4) is 0 Å². The monoisotopic (exact) mass is 767 g/mol. The van der Waals surface area contributed by atoms with Crippen molar-refractivity contribution >= 4 is 29.7 Å². The Morgan fingerprint density at radius 3 is 1.70 bits per heavy atom. The fourth-order valence-electron chi connectivity index (χ4n) is 6.14. The zero-order valence-corrected chi connectivity index (χ0v) is 30.3. The topological polar surface area (TPSA) is 303 Å². The van der Waals surface area contributed by atoms with Gasteiger partial charge in [-0.05, 0) is 24.6 Å². The Morgan fingerprint density at radius 1 is 0.759 bits per heavy atom. The van der Waals surface area contributed by atoms with Crippen LogP contribution in [0.4, 0.5) is 0 Å². The second-order valence-electron chi connectivity index (χ2n) is 13.3. The lowest BCUT2D eigenvalue weighted by Crippen LogP contribution is -2.50. The number of aliphatic imine (C=N–C) groups is 2. The molecule has 2 aliphatic heterocycles. The Bertz CT molecular complexity index is 1520. The zero-order chi connectivity index (χ0) is 39.6. The smallest absolute Gasteiger partial charge is 0.330 e. The molecule has 54 heavy (non-hydrogen) atoms. The van der Waals surface area contributed by atoms with Gasteiger partial charge in [0.1, 0.15) is 12.3 Å². The number of nitrogens with zero attached hydrogens (tertiary/aromatic N) is 7. The van der Waals surface area contributed by atoms with Crippen molar-refractivity contribution in [2.45, 2.75) is 57.0 Å². The Morgan fingerprint density at radius 2 is 1.24 bits per heavy atom. The van der Waals surface area contributed by atoms with Crippen LogP contribution in [-0.2, 0) is 25.5 Å². The van der Waals surface area contributed by atoms with Gasteiger partial charge in [0.15, 0.2) is 0 Å². The Hall–Kier alpha value is -4.25. The maximum atomic E-state index is 12.8. The largest absolute Gasteiger partial charge is 0.862 e. The highest BCUT2D eigenvalue weighted by atomic mass is 16.5. The number of H-pyrrole nitrogens is 1. The molecule has 0 aliphatic carbocycles. The van der Waals surface area contributed by atoms with Gasteiger partial charge in [-0.1, -0.05) is 12.8 Å². The summed E-state index contributed by atoms with van der Waals surface area (Å²) in [5.74, 6) is -4.31. The minimum Gasteiger partial charge on any atom is -0.862 e. The molecule has 1 aromatic heterocycles. The number of hydrogen-bond donors (Lipinski definition) is 5. The first-order valence-corrected chi connectivity index (χ1v) is 18.0. The molecule has 0 aromatic carbocycles. The predicted octanol–water partition coefficient (Wildman–Crippen LogP) is -6.06. The molecule has 2 saturated heterocycles. The molecule has 0 radical (unpaired) electrons. The fourth-order valence-corrected chi connectivity index (χ4v) is 6.14. The summed E-state index contributed by atoms with van der Waals surface area (Å²) in [5, 5.41) is 74.5. The number of carbonyl (C=O) groups is 3. The summed E-state index contributed by atoms with van der Waals surface area (Å²) in [6.07, 6.45) is 0.684. The van der Waals surface area contributed by atoms with Crippen molar-refractivity contribution in [1.82, 2.24) is 29.2 Å². The summed E-state index contributed by atoms with van der Waals surface area (Å²) < 4.78 is 6.54. The van der Waals surface area contributed by atoms with Gasteiger partial charge < -0.3 is 55.3 Å². The van der Waals surface area contributed by atoms with Crippen LogP contribution in [0, 0.1) is 0 Å². The van der Waals surface area contributed by atoms with Crippen LogP contribution in [0.5, 0.6) is 0 Å². The first-order valence-electron chi connectivity index (χ1n) is 18.0. The number of nitrogens with one attached hydrogen (secondary N) is 1. The van der Waals surface area contributed by atoms with E-state index in [1.165, 1.54) is 6.20 Å². The highest BCUT2D eigenvalue weighted by Crippen LogP contribution is 2.27. The van der Waals surface area contributed by atoms with E-state index in [0.717, 1.165) is 4.57 Å². The minimum absolute atomic E-state index is 0.00435. The maximum absolute atomic E-state index is 12.8. The minimum atomic E-state index is -1.29. The van der Waals surface area contributed by atoms with Gasteiger partial charge in [-0.25, -0.2) is 4.79 Å². The van der Waals surface area contributed by atoms with Crippen molar-refractivity contribution in [2.75, 3.05) is 98.2 Å². The third-order valence-corrected chi connectivity index (χ3v) is 9.08. The molecule has 0 spiro atoms. The average Bonchev–Trinajstić information content (AvgIpc) is 3.47. The number of hydrogen-bond acceptors (Lipinski definition) is 17. The molecule has 0 amide bonds. The molecular weight excluding hydrogens is 716 g/mol. The molecule has 3 atom stereocenters. The first kappa shape index (κ1) is 44.1. The van der Waals surface area contributed by atoms with Crippen molar-refractivity contribution in [3.05, 3.63) is 32.6 Å². The summed E-state index contributed by atoms with van der Waals surface area (Å²) in [6.45, 7) is 1.20.